The first kappa shape index (κ1) is 23.5. The number of nitrogens with zero attached hydrogens (tertiary/aromatic N) is 1. The number of aromatic nitrogens is 1. The highest BCUT2D eigenvalue weighted by Crippen LogP contribution is 2.21. The van der Waals surface area contributed by atoms with Crippen LogP contribution in [0.2, 0.25) is 0 Å². The van der Waals surface area contributed by atoms with Crippen molar-refractivity contribution in [2.45, 2.75) is 72.6 Å². The molecule has 0 fully saturated rings. The number of rotatable bonds is 12. The molecule has 0 aromatic carbocycles. The minimum Gasteiger partial charge on any atom is -0.478 e. The molecule has 0 aliphatic rings. The number of carboxylic acids is 1. The van der Waals surface area contributed by atoms with Crippen LogP contribution < -0.4 is 0 Å². The summed E-state index contributed by atoms with van der Waals surface area (Å²) < 4.78 is 0. The molecule has 0 atom stereocenters. The number of Topliss-reactive ketones (excluding diaryl/α,β-unsaturated/α-hetero) is 2. The van der Waals surface area contributed by atoms with E-state index in [0.717, 1.165) is 25.7 Å². The molecule has 0 saturated heterocycles. The minimum absolute atomic E-state index is 0.00859. The summed E-state index contributed by atoms with van der Waals surface area (Å²) in [7, 11) is 0. The standard InChI is InChI=1S/C23H31NO4/c1-5-7-8-9-10-12-21(26)15-18(17(4)25)13-19-14-20(11-6-2)24-16(3)22(19)23(27)28/h6,11,13-14H,5,7-10,12,15H2,1-4H3,(H,27,28). The second kappa shape index (κ2) is 12.0. The van der Waals surface area contributed by atoms with Gasteiger partial charge >= 0.3 is 5.97 Å². The van der Waals surface area contributed by atoms with Crippen LogP contribution in [-0.4, -0.2) is 27.6 Å². The Morgan fingerprint density at radius 1 is 1.14 bits per heavy atom. The molecular weight excluding hydrogens is 354 g/mol. The van der Waals surface area contributed by atoms with Gasteiger partial charge in [-0.15, -0.1) is 0 Å². The summed E-state index contributed by atoms with van der Waals surface area (Å²) in [5.74, 6) is -1.32. The molecule has 5 nitrogen and oxygen atoms in total. The molecule has 0 aliphatic heterocycles. The lowest BCUT2D eigenvalue weighted by Gasteiger charge is -2.09. The Kier molecular flexibility index (Phi) is 10.1. The molecule has 1 N–H and O–H groups in total. The number of hydrogen-bond donors (Lipinski definition) is 1. The molecule has 1 aromatic rings. The zero-order valence-electron chi connectivity index (χ0n) is 17.4. The van der Waals surface area contributed by atoms with Crippen LogP contribution in [0.4, 0.5) is 0 Å². The fourth-order valence-electron chi connectivity index (χ4n) is 3.06. The van der Waals surface area contributed by atoms with Crippen LogP contribution in [0.3, 0.4) is 0 Å². The molecule has 152 valence electrons. The molecule has 1 aromatic heterocycles. The monoisotopic (exact) mass is 385 g/mol. The first-order chi connectivity index (χ1) is 13.3. The Bertz CT molecular complexity index is 775. The number of aryl methyl sites for hydroxylation is 1. The lowest BCUT2D eigenvalue weighted by Crippen LogP contribution is -2.09. The topological polar surface area (TPSA) is 84.3 Å². The van der Waals surface area contributed by atoms with Gasteiger partial charge in [0.1, 0.15) is 5.78 Å². The maximum Gasteiger partial charge on any atom is 0.338 e. The van der Waals surface area contributed by atoms with E-state index >= 15 is 0 Å². The predicted octanol–water partition coefficient (Wildman–Crippen LogP) is 5.41. The van der Waals surface area contributed by atoms with Gasteiger partial charge in [-0.3, -0.25) is 14.6 Å². The molecular formula is C23H31NO4. The van der Waals surface area contributed by atoms with Crippen LogP contribution in [0.25, 0.3) is 12.2 Å². The average Bonchev–Trinajstić information content (AvgIpc) is 2.60. The second-order valence-corrected chi connectivity index (χ2v) is 7.01. The zero-order chi connectivity index (χ0) is 21.1. The molecule has 28 heavy (non-hydrogen) atoms. The Balaban J connectivity index is 3.09. The SMILES string of the molecule is CC=Cc1cc(C=C(CC(=O)CCCCCCC)C(C)=O)c(C(=O)O)c(C)n1. The zero-order valence-corrected chi connectivity index (χ0v) is 17.4. The van der Waals surface area contributed by atoms with Gasteiger partial charge in [0.15, 0.2) is 5.78 Å². The van der Waals surface area contributed by atoms with Gasteiger partial charge in [-0.25, -0.2) is 4.79 Å². The first-order valence-electron chi connectivity index (χ1n) is 9.91. The van der Waals surface area contributed by atoms with E-state index < -0.39 is 5.97 Å². The van der Waals surface area contributed by atoms with Crippen molar-refractivity contribution in [3.63, 3.8) is 0 Å². The van der Waals surface area contributed by atoms with Gasteiger partial charge in [0.2, 0.25) is 0 Å². The van der Waals surface area contributed by atoms with E-state index in [0.29, 0.717) is 28.9 Å². The maximum absolute atomic E-state index is 12.3. The summed E-state index contributed by atoms with van der Waals surface area (Å²) in [5, 5.41) is 9.55. The van der Waals surface area contributed by atoms with E-state index in [9.17, 15) is 19.5 Å². The van der Waals surface area contributed by atoms with Crippen molar-refractivity contribution in [1.82, 2.24) is 4.98 Å². The quantitative estimate of drug-likeness (QED) is 0.384. The molecule has 0 aliphatic carbocycles. The number of hydrogen-bond acceptors (Lipinski definition) is 4. The Morgan fingerprint density at radius 2 is 1.82 bits per heavy atom. The molecule has 1 rings (SSSR count). The van der Waals surface area contributed by atoms with Crippen LogP contribution >= 0.6 is 0 Å². The molecule has 5 heteroatoms. The third kappa shape index (κ3) is 7.59. The molecule has 1 heterocycles. The molecule has 0 bridgehead atoms. The second-order valence-electron chi connectivity index (χ2n) is 7.01. The van der Waals surface area contributed by atoms with Crippen molar-refractivity contribution < 1.29 is 19.5 Å². The maximum atomic E-state index is 12.3. The summed E-state index contributed by atoms with van der Waals surface area (Å²) in [6, 6.07) is 1.63. The van der Waals surface area contributed by atoms with Gasteiger partial charge in [0.25, 0.3) is 0 Å². The largest absolute Gasteiger partial charge is 0.478 e. The third-order valence-corrected chi connectivity index (χ3v) is 4.53. The normalized spacial score (nSPS) is 11.8. The first-order valence-corrected chi connectivity index (χ1v) is 9.91. The van der Waals surface area contributed by atoms with Crippen molar-refractivity contribution in [1.29, 1.82) is 0 Å². The van der Waals surface area contributed by atoms with Crippen LogP contribution in [-0.2, 0) is 9.59 Å². The summed E-state index contributed by atoms with van der Waals surface area (Å²) in [4.78, 5) is 40.3. The van der Waals surface area contributed by atoms with E-state index in [1.165, 1.54) is 19.4 Å². The fourth-order valence-corrected chi connectivity index (χ4v) is 3.06. The number of carboxylic acid groups (broad SMARTS) is 1. The van der Waals surface area contributed by atoms with Gasteiger partial charge in [0.05, 0.1) is 17.0 Å². The van der Waals surface area contributed by atoms with E-state index in [1.54, 1.807) is 19.1 Å². The fraction of sp³-hybridized carbons (Fsp3) is 0.478. The van der Waals surface area contributed by atoms with E-state index in [1.807, 2.05) is 13.0 Å². The lowest BCUT2D eigenvalue weighted by atomic mass is 9.96. The average molecular weight is 386 g/mol. The predicted molar refractivity (Wildman–Crippen MR) is 112 cm³/mol. The lowest BCUT2D eigenvalue weighted by molar-refractivity contribution is -0.120. The smallest absolute Gasteiger partial charge is 0.338 e. The summed E-state index contributed by atoms with van der Waals surface area (Å²) in [5.41, 5.74) is 1.77. The third-order valence-electron chi connectivity index (χ3n) is 4.53. The van der Waals surface area contributed by atoms with Crippen molar-refractivity contribution >= 4 is 29.7 Å². The number of carbonyl (C=O) groups is 3. The van der Waals surface area contributed by atoms with Crippen LogP contribution in [0.5, 0.6) is 0 Å². The van der Waals surface area contributed by atoms with E-state index in [4.69, 9.17) is 0 Å². The molecule has 0 radical (unpaired) electrons. The highest BCUT2D eigenvalue weighted by molar-refractivity contribution is 6.04. The summed E-state index contributed by atoms with van der Waals surface area (Å²) in [6.45, 7) is 7.02. The minimum atomic E-state index is -1.10. The summed E-state index contributed by atoms with van der Waals surface area (Å²) >= 11 is 0. The highest BCUT2D eigenvalue weighted by atomic mass is 16.4. The van der Waals surface area contributed by atoms with Crippen molar-refractivity contribution in [2.75, 3.05) is 0 Å². The number of unbranched alkanes of at least 4 members (excludes halogenated alkanes) is 4. The molecule has 0 saturated carbocycles. The van der Waals surface area contributed by atoms with Gasteiger partial charge in [-0.05, 0) is 51.0 Å². The van der Waals surface area contributed by atoms with Gasteiger partial charge in [-0.1, -0.05) is 38.7 Å². The van der Waals surface area contributed by atoms with E-state index in [2.05, 4.69) is 11.9 Å². The molecule has 0 amide bonds. The van der Waals surface area contributed by atoms with Crippen LogP contribution in [0, 0.1) is 6.92 Å². The number of allylic oxidation sites excluding steroid dienone is 2. The van der Waals surface area contributed by atoms with Gasteiger partial charge in [-0.2, -0.15) is 0 Å². The van der Waals surface area contributed by atoms with E-state index in [-0.39, 0.29) is 23.6 Å². The molecule has 0 spiro atoms. The highest BCUT2D eigenvalue weighted by Gasteiger charge is 2.17. The van der Waals surface area contributed by atoms with Crippen molar-refractivity contribution in [3.8, 4) is 0 Å². The van der Waals surface area contributed by atoms with Crippen molar-refractivity contribution in [2.24, 2.45) is 0 Å². The number of ketones is 2. The Labute approximate surface area is 167 Å². The number of carbonyl (C=O) groups excluding carboxylic acids is 2. The van der Waals surface area contributed by atoms with Crippen LogP contribution in [0.1, 0.15) is 93.0 Å². The van der Waals surface area contributed by atoms with Gasteiger partial charge < -0.3 is 5.11 Å². The number of aromatic carboxylic acids is 1. The van der Waals surface area contributed by atoms with Crippen molar-refractivity contribution in [3.05, 3.63) is 40.2 Å². The number of pyridine rings is 1. The Morgan fingerprint density at radius 3 is 2.39 bits per heavy atom. The van der Waals surface area contributed by atoms with Gasteiger partial charge in [0, 0.05) is 18.4 Å². The summed E-state index contributed by atoms with van der Waals surface area (Å²) in [6.07, 6.45) is 10.9. The Hall–Kier alpha value is -2.56. The van der Waals surface area contributed by atoms with Crippen LogP contribution in [0.15, 0.2) is 17.7 Å². The molecule has 0 unspecified atom stereocenters.